The third kappa shape index (κ3) is 3.33. The predicted molar refractivity (Wildman–Crippen MR) is 73.0 cm³/mol. The smallest absolute Gasteiger partial charge is 0.312 e. The average molecular weight is 290 g/mol. The van der Waals surface area contributed by atoms with Crippen LogP contribution in [-0.2, 0) is 0 Å². The van der Waals surface area contributed by atoms with Gasteiger partial charge in [-0.1, -0.05) is 6.07 Å². The summed E-state index contributed by atoms with van der Waals surface area (Å²) in [5.74, 6) is -0.906. The van der Waals surface area contributed by atoms with Crippen molar-refractivity contribution in [1.29, 1.82) is 0 Å². The van der Waals surface area contributed by atoms with Gasteiger partial charge in [0, 0.05) is 24.7 Å². The molecule has 0 heterocycles. The van der Waals surface area contributed by atoms with E-state index in [4.69, 9.17) is 4.74 Å². The minimum atomic E-state index is -0.666. The Labute approximate surface area is 119 Å². The molecule has 0 aliphatic heterocycles. The van der Waals surface area contributed by atoms with Crippen LogP contribution in [0.3, 0.4) is 0 Å². The first-order valence-electron chi connectivity index (χ1n) is 5.95. The number of ether oxygens (including phenoxy) is 1. The fraction of sp³-hybridized carbons (Fsp3) is 0.0714. The van der Waals surface area contributed by atoms with E-state index in [0.717, 1.165) is 12.1 Å². The van der Waals surface area contributed by atoms with E-state index in [1.807, 2.05) is 0 Å². The van der Waals surface area contributed by atoms with E-state index in [1.54, 1.807) is 0 Å². The number of carbonyl (C=O) groups is 1. The molecule has 7 heteroatoms. The Morgan fingerprint density at radius 3 is 2.67 bits per heavy atom. The molecule has 6 nitrogen and oxygen atoms in total. The van der Waals surface area contributed by atoms with Crippen LogP contribution in [0, 0.1) is 15.9 Å². The van der Waals surface area contributed by atoms with Crippen molar-refractivity contribution in [3.63, 3.8) is 0 Å². The number of hydrogen-bond donors (Lipinski definition) is 1. The lowest BCUT2D eigenvalue weighted by atomic mass is 10.1. The Hall–Kier alpha value is -2.96. The lowest BCUT2D eigenvalue weighted by Gasteiger charge is -2.07. The maximum absolute atomic E-state index is 13.1. The SMILES string of the molecule is CNC(=O)c1ccc(Oc2cccc(F)c2)c([N+](=O)[O-])c1. The molecule has 1 amide bonds. The van der Waals surface area contributed by atoms with Crippen LogP contribution in [0.15, 0.2) is 42.5 Å². The molecule has 0 saturated carbocycles. The van der Waals surface area contributed by atoms with Gasteiger partial charge in [0.2, 0.25) is 5.75 Å². The summed E-state index contributed by atoms with van der Waals surface area (Å²) in [4.78, 5) is 21.9. The fourth-order valence-electron chi connectivity index (χ4n) is 1.69. The van der Waals surface area contributed by atoms with Crippen molar-refractivity contribution in [3.05, 3.63) is 64.0 Å². The lowest BCUT2D eigenvalue weighted by Crippen LogP contribution is -2.17. The zero-order valence-corrected chi connectivity index (χ0v) is 11.0. The number of benzene rings is 2. The quantitative estimate of drug-likeness (QED) is 0.693. The highest BCUT2D eigenvalue weighted by Crippen LogP contribution is 2.32. The van der Waals surface area contributed by atoms with Crippen molar-refractivity contribution in [2.24, 2.45) is 0 Å². The molecule has 2 aromatic carbocycles. The van der Waals surface area contributed by atoms with E-state index in [2.05, 4.69) is 5.32 Å². The maximum Gasteiger partial charge on any atom is 0.312 e. The third-order valence-corrected chi connectivity index (χ3v) is 2.67. The van der Waals surface area contributed by atoms with Crippen molar-refractivity contribution in [2.45, 2.75) is 0 Å². The van der Waals surface area contributed by atoms with Crippen molar-refractivity contribution in [2.75, 3.05) is 7.05 Å². The van der Waals surface area contributed by atoms with Gasteiger partial charge in [-0.2, -0.15) is 0 Å². The number of nitro groups is 1. The van der Waals surface area contributed by atoms with Crippen LogP contribution in [-0.4, -0.2) is 17.9 Å². The Kier molecular flexibility index (Phi) is 4.13. The average Bonchev–Trinajstić information content (AvgIpc) is 2.46. The number of carbonyl (C=O) groups excluding carboxylic acids is 1. The molecule has 2 rings (SSSR count). The Balaban J connectivity index is 2.39. The van der Waals surface area contributed by atoms with Crippen LogP contribution < -0.4 is 10.1 Å². The van der Waals surface area contributed by atoms with Crippen LogP contribution in [0.2, 0.25) is 0 Å². The normalized spacial score (nSPS) is 10.0. The number of hydrogen-bond acceptors (Lipinski definition) is 4. The highest BCUT2D eigenvalue weighted by Gasteiger charge is 2.19. The summed E-state index contributed by atoms with van der Waals surface area (Å²) in [6.07, 6.45) is 0. The summed E-state index contributed by atoms with van der Waals surface area (Å²) in [7, 11) is 1.42. The first-order chi connectivity index (χ1) is 10.0. The molecular formula is C14H11FN2O4. The van der Waals surface area contributed by atoms with Gasteiger partial charge >= 0.3 is 5.69 Å². The second-order valence-corrected chi connectivity index (χ2v) is 4.08. The van der Waals surface area contributed by atoms with Crippen LogP contribution in [0.5, 0.6) is 11.5 Å². The zero-order chi connectivity index (χ0) is 15.4. The second kappa shape index (κ2) is 6.00. The van der Waals surface area contributed by atoms with Gasteiger partial charge in [-0.25, -0.2) is 4.39 Å². The Morgan fingerprint density at radius 1 is 1.29 bits per heavy atom. The van der Waals surface area contributed by atoms with E-state index in [-0.39, 0.29) is 22.7 Å². The van der Waals surface area contributed by atoms with Gasteiger partial charge in [0.25, 0.3) is 5.91 Å². The molecule has 1 N–H and O–H groups in total. The Morgan fingerprint density at radius 2 is 2.05 bits per heavy atom. The number of halogens is 1. The van der Waals surface area contributed by atoms with Gasteiger partial charge in [-0.3, -0.25) is 14.9 Å². The fourth-order valence-corrected chi connectivity index (χ4v) is 1.69. The van der Waals surface area contributed by atoms with E-state index < -0.39 is 16.6 Å². The molecule has 2 aromatic rings. The Bertz CT molecular complexity index is 703. The molecule has 0 aliphatic carbocycles. The highest BCUT2D eigenvalue weighted by atomic mass is 19.1. The molecule has 0 spiro atoms. The largest absolute Gasteiger partial charge is 0.450 e. The molecule has 0 aromatic heterocycles. The van der Waals surface area contributed by atoms with E-state index >= 15 is 0 Å². The number of amides is 1. The number of nitrogens with zero attached hydrogens (tertiary/aromatic N) is 1. The summed E-state index contributed by atoms with van der Waals surface area (Å²) in [6.45, 7) is 0. The molecule has 0 unspecified atom stereocenters. The van der Waals surface area contributed by atoms with Crippen LogP contribution in [0.25, 0.3) is 0 Å². The van der Waals surface area contributed by atoms with E-state index in [1.165, 1.54) is 37.4 Å². The topological polar surface area (TPSA) is 81.5 Å². The monoisotopic (exact) mass is 290 g/mol. The lowest BCUT2D eigenvalue weighted by molar-refractivity contribution is -0.385. The van der Waals surface area contributed by atoms with Crippen molar-refractivity contribution in [3.8, 4) is 11.5 Å². The minimum absolute atomic E-state index is 0.0711. The van der Waals surface area contributed by atoms with Crippen LogP contribution in [0.1, 0.15) is 10.4 Å². The van der Waals surface area contributed by atoms with Crippen LogP contribution >= 0.6 is 0 Å². The third-order valence-electron chi connectivity index (χ3n) is 2.67. The molecule has 0 saturated heterocycles. The van der Waals surface area contributed by atoms with Crippen molar-refractivity contribution >= 4 is 11.6 Å². The number of nitrogens with one attached hydrogen (secondary N) is 1. The zero-order valence-electron chi connectivity index (χ0n) is 11.0. The standard InChI is InChI=1S/C14H11FN2O4/c1-16-14(18)9-5-6-13(12(7-9)17(19)20)21-11-4-2-3-10(15)8-11/h2-8H,1H3,(H,16,18). The van der Waals surface area contributed by atoms with Gasteiger partial charge in [-0.05, 0) is 24.3 Å². The molecule has 0 radical (unpaired) electrons. The van der Waals surface area contributed by atoms with Gasteiger partial charge in [0.05, 0.1) is 4.92 Å². The molecule has 0 bridgehead atoms. The molecular weight excluding hydrogens is 279 g/mol. The summed E-state index contributed by atoms with van der Waals surface area (Å²) < 4.78 is 18.4. The summed E-state index contributed by atoms with van der Waals surface area (Å²) >= 11 is 0. The second-order valence-electron chi connectivity index (χ2n) is 4.08. The molecule has 0 aliphatic rings. The number of rotatable bonds is 4. The first kappa shape index (κ1) is 14.4. The number of nitro benzene ring substituents is 1. The maximum atomic E-state index is 13.1. The molecule has 21 heavy (non-hydrogen) atoms. The summed E-state index contributed by atoms with van der Waals surface area (Å²) in [5.41, 5.74) is -0.240. The van der Waals surface area contributed by atoms with Crippen molar-refractivity contribution < 1.29 is 18.8 Å². The van der Waals surface area contributed by atoms with Crippen LogP contribution in [0.4, 0.5) is 10.1 Å². The molecule has 0 fully saturated rings. The van der Waals surface area contributed by atoms with Gasteiger partial charge in [0.15, 0.2) is 0 Å². The van der Waals surface area contributed by atoms with Gasteiger partial charge in [0.1, 0.15) is 11.6 Å². The summed E-state index contributed by atoms with van der Waals surface area (Å²) in [6, 6.07) is 9.03. The van der Waals surface area contributed by atoms with E-state index in [9.17, 15) is 19.3 Å². The highest BCUT2D eigenvalue weighted by molar-refractivity contribution is 5.95. The van der Waals surface area contributed by atoms with E-state index in [0.29, 0.717) is 0 Å². The first-order valence-corrected chi connectivity index (χ1v) is 5.95. The predicted octanol–water partition coefficient (Wildman–Crippen LogP) is 2.89. The summed E-state index contributed by atoms with van der Waals surface area (Å²) in [5, 5.41) is 13.4. The van der Waals surface area contributed by atoms with Gasteiger partial charge in [-0.15, -0.1) is 0 Å². The van der Waals surface area contributed by atoms with Gasteiger partial charge < -0.3 is 10.1 Å². The molecule has 108 valence electrons. The van der Waals surface area contributed by atoms with Crippen molar-refractivity contribution in [1.82, 2.24) is 5.32 Å². The molecule has 0 atom stereocenters. The minimum Gasteiger partial charge on any atom is -0.450 e.